The number of nitrogens with zero attached hydrogens (tertiary/aromatic N) is 1. The lowest BCUT2D eigenvalue weighted by Crippen LogP contribution is -2.38. The Balaban J connectivity index is 2.04. The summed E-state index contributed by atoms with van der Waals surface area (Å²) in [6, 6.07) is 6.87. The van der Waals surface area contributed by atoms with Gasteiger partial charge >= 0.3 is 5.97 Å². The number of benzene rings is 1. The summed E-state index contributed by atoms with van der Waals surface area (Å²) in [5, 5.41) is 9.93. The normalized spacial score (nSPS) is 19.3. The molecular formula is C14H17ClFNO2. The molecule has 0 radical (unpaired) electrons. The second kappa shape index (κ2) is 6.35. The number of carbonyl (C=O) groups is 1. The van der Waals surface area contributed by atoms with Gasteiger partial charge in [0.1, 0.15) is 6.17 Å². The van der Waals surface area contributed by atoms with Crippen molar-refractivity contribution >= 4 is 17.6 Å². The molecule has 0 aliphatic carbocycles. The Kier molecular flexibility index (Phi) is 4.77. The van der Waals surface area contributed by atoms with Crippen LogP contribution in [-0.4, -0.2) is 41.8 Å². The molecule has 3 nitrogen and oxygen atoms in total. The molecule has 1 saturated heterocycles. The first kappa shape index (κ1) is 14.3. The average molecular weight is 286 g/mol. The Labute approximate surface area is 117 Å². The fourth-order valence-electron chi connectivity index (χ4n) is 2.36. The Morgan fingerprint density at radius 1 is 1.37 bits per heavy atom. The third-order valence-electron chi connectivity index (χ3n) is 3.53. The van der Waals surface area contributed by atoms with E-state index < -0.39 is 18.1 Å². The van der Waals surface area contributed by atoms with Crippen molar-refractivity contribution in [3.8, 4) is 0 Å². The van der Waals surface area contributed by atoms with Gasteiger partial charge in [-0.15, -0.1) is 0 Å². The average Bonchev–Trinajstić information content (AvgIpc) is 2.39. The molecule has 1 aliphatic rings. The Morgan fingerprint density at radius 3 is 2.47 bits per heavy atom. The second-order valence-corrected chi connectivity index (χ2v) is 5.35. The minimum Gasteiger partial charge on any atom is -0.481 e. The highest BCUT2D eigenvalue weighted by atomic mass is 35.5. The van der Waals surface area contributed by atoms with Gasteiger partial charge in [-0.05, 0) is 30.5 Å². The zero-order chi connectivity index (χ0) is 13.8. The van der Waals surface area contributed by atoms with Gasteiger partial charge in [-0.2, -0.15) is 0 Å². The lowest BCUT2D eigenvalue weighted by molar-refractivity contribution is -0.139. The van der Waals surface area contributed by atoms with Gasteiger partial charge in [0.05, 0.1) is 5.92 Å². The molecule has 1 N–H and O–H groups in total. The number of alkyl halides is 1. The predicted octanol–water partition coefficient (Wildman–Crippen LogP) is 2.94. The van der Waals surface area contributed by atoms with Gasteiger partial charge in [0.15, 0.2) is 0 Å². The molecule has 0 spiro atoms. The highest BCUT2D eigenvalue weighted by Gasteiger charge is 2.26. The monoisotopic (exact) mass is 285 g/mol. The van der Waals surface area contributed by atoms with Crippen LogP contribution in [0.25, 0.3) is 0 Å². The summed E-state index contributed by atoms with van der Waals surface area (Å²) in [7, 11) is 0. The smallest absolute Gasteiger partial charge is 0.312 e. The third kappa shape index (κ3) is 3.91. The summed E-state index contributed by atoms with van der Waals surface area (Å²) in [6.45, 7) is 1.67. The molecule has 0 aromatic heterocycles. The van der Waals surface area contributed by atoms with Crippen molar-refractivity contribution in [2.24, 2.45) is 0 Å². The minimum atomic E-state index is -0.857. The van der Waals surface area contributed by atoms with Crippen molar-refractivity contribution < 1.29 is 14.3 Å². The Hall–Kier alpha value is -1.13. The fraction of sp³-hybridized carbons (Fsp3) is 0.500. The molecule has 1 aliphatic heterocycles. The molecular weight excluding hydrogens is 269 g/mol. The molecule has 0 bridgehead atoms. The number of carboxylic acid groups (broad SMARTS) is 1. The molecule has 0 amide bonds. The molecule has 1 unspecified atom stereocenters. The molecule has 2 rings (SSSR count). The molecule has 1 heterocycles. The third-order valence-corrected chi connectivity index (χ3v) is 3.78. The molecule has 0 saturated carbocycles. The van der Waals surface area contributed by atoms with Crippen LogP contribution < -0.4 is 0 Å². The molecule has 1 aromatic rings. The highest BCUT2D eigenvalue weighted by Crippen LogP contribution is 2.22. The van der Waals surface area contributed by atoms with E-state index in [2.05, 4.69) is 0 Å². The Bertz CT molecular complexity index is 430. The first-order chi connectivity index (χ1) is 9.06. The summed E-state index contributed by atoms with van der Waals surface area (Å²) >= 11 is 5.80. The van der Waals surface area contributed by atoms with Crippen molar-refractivity contribution in [1.82, 2.24) is 4.90 Å². The van der Waals surface area contributed by atoms with Crippen LogP contribution in [-0.2, 0) is 4.79 Å². The zero-order valence-corrected chi connectivity index (χ0v) is 11.3. The van der Waals surface area contributed by atoms with E-state index in [-0.39, 0.29) is 0 Å². The maximum atomic E-state index is 13.1. The molecule has 1 aromatic carbocycles. The van der Waals surface area contributed by atoms with Crippen molar-refractivity contribution in [2.45, 2.75) is 24.9 Å². The lowest BCUT2D eigenvalue weighted by atomic mass is 9.97. The first-order valence-electron chi connectivity index (χ1n) is 6.41. The highest BCUT2D eigenvalue weighted by molar-refractivity contribution is 6.30. The number of piperidine rings is 1. The van der Waals surface area contributed by atoms with Crippen molar-refractivity contribution in [2.75, 3.05) is 19.6 Å². The summed E-state index contributed by atoms with van der Waals surface area (Å²) in [5.74, 6) is -1.45. The van der Waals surface area contributed by atoms with E-state index in [0.717, 1.165) is 5.56 Å². The second-order valence-electron chi connectivity index (χ2n) is 4.92. The van der Waals surface area contributed by atoms with Crippen LogP contribution in [0.15, 0.2) is 24.3 Å². The predicted molar refractivity (Wildman–Crippen MR) is 72.4 cm³/mol. The summed E-state index contributed by atoms with van der Waals surface area (Å²) < 4.78 is 13.1. The van der Waals surface area contributed by atoms with Crippen LogP contribution in [0, 0.1) is 0 Å². The lowest BCUT2D eigenvalue weighted by Gasteiger charge is -2.30. The summed E-state index contributed by atoms with van der Waals surface area (Å²) in [6.07, 6.45) is 0.245. The summed E-state index contributed by atoms with van der Waals surface area (Å²) in [4.78, 5) is 13.4. The number of aliphatic carboxylic acids is 1. The van der Waals surface area contributed by atoms with Crippen LogP contribution in [0.3, 0.4) is 0 Å². The molecule has 1 fully saturated rings. The van der Waals surface area contributed by atoms with E-state index in [1.807, 2.05) is 4.90 Å². The van der Waals surface area contributed by atoms with E-state index >= 15 is 0 Å². The van der Waals surface area contributed by atoms with Gasteiger partial charge in [0.25, 0.3) is 0 Å². The minimum absolute atomic E-state index is 0.420. The van der Waals surface area contributed by atoms with Gasteiger partial charge in [-0.3, -0.25) is 4.79 Å². The van der Waals surface area contributed by atoms with Crippen molar-refractivity contribution in [3.05, 3.63) is 34.9 Å². The number of hydrogen-bond acceptors (Lipinski definition) is 2. The van der Waals surface area contributed by atoms with E-state index in [4.69, 9.17) is 11.6 Å². The number of carboxylic acids is 1. The molecule has 1 atom stereocenters. The van der Waals surface area contributed by atoms with E-state index in [0.29, 0.717) is 37.5 Å². The van der Waals surface area contributed by atoms with Crippen LogP contribution in [0.2, 0.25) is 5.02 Å². The number of rotatable bonds is 4. The topological polar surface area (TPSA) is 40.5 Å². The summed E-state index contributed by atoms with van der Waals surface area (Å²) in [5.41, 5.74) is 0.735. The van der Waals surface area contributed by atoms with E-state index in [9.17, 15) is 14.3 Å². The van der Waals surface area contributed by atoms with Gasteiger partial charge in [-0.1, -0.05) is 23.7 Å². The van der Waals surface area contributed by atoms with Crippen LogP contribution >= 0.6 is 11.6 Å². The largest absolute Gasteiger partial charge is 0.481 e. The van der Waals surface area contributed by atoms with Gasteiger partial charge in [-0.25, -0.2) is 4.39 Å². The van der Waals surface area contributed by atoms with E-state index in [1.54, 1.807) is 24.3 Å². The van der Waals surface area contributed by atoms with Crippen molar-refractivity contribution in [1.29, 1.82) is 0 Å². The molecule has 104 valence electrons. The maximum absolute atomic E-state index is 13.1. The SMILES string of the molecule is O=C(O)C(CN1CCC(F)CC1)c1ccc(Cl)cc1. The number of halogens is 2. The quantitative estimate of drug-likeness (QED) is 0.925. The number of likely N-dealkylation sites (tertiary alicyclic amines) is 1. The van der Waals surface area contributed by atoms with Gasteiger partial charge < -0.3 is 10.0 Å². The maximum Gasteiger partial charge on any atom is 0.312 e. The fourth-order valence-corrected chi connectivity index (χ4v) is 2.49. The number of hydrogen-bond donors (Lipinski definition) is 1. The van der Waals surface area contributed by atoms with Crippen LogP contribution in [0.4, 0.5) is 4.39 Å². The Morgan fingerprint density at radius 2 is 1.95 bits per heavy atom. The molecule has 19 heavy (non-hydrogen) atoms. The van der Waals surface area contributed by atoms with Crippen LogP contribution in [0.1, 0.15) is 24.3 Å². The molecule has 5 heteroatoms. The van der Waals surface area contributed by atoms with Crippen molar-refractivity contribution in [3.63, 3.8) is 0 Å². The van der Waals surface area contributed by atoms with E-state index in [1.165, 1.54) is 0 Å². The van der Waals surface area contributed by atoms with Crippen LogP contribution in [0.5, 0.6) is 0 Å². The zero-order valence-electron chi connectivity index (χ0n) is 10.6. The van der Waals surface area contributed by atoms with Gasteiger partial charge in [0, 0.05) is 24.7 Å². The van der Waals surface area contributed by atoms with Gasteiger partial charge in [0.2, 0.25) is 0 Å². The first-order valence-corrected chi connectivity index (χ1v) is 6.79. The standard InChI is InChI=1S/C14H17ClFNO2/c15-11-3-1-10(2-4-11)13(14(18)19)9-17-7-5-12(16)6-8-17/h1-4,12-13H,5-9H2,(H,18,19).